The number of methoxy groups -OCH3 is 1. The van der Waals surface area contributed by atoms with Gasteiger partial charge >= 0.3 is 6.01 Å². The maximum absolute atomic E-state index is 17.0. The fourth-order valence-corrected chi connectivity index (χ4v) is 7.09. The maximum atomic E-state index is 17.0. The smallest absolute Gasteiger partial charge is 0.319 e. The Bertz CT molecular complexity index is 1790. The van der Waals surface area contributed by atoms with E-state index in [9.17, 15) is 10.2 Å². The largest absolute Gasteiger partial charge is 0.468 e. The van der Waals surface area contributed by atoms with Gasteiger partial charge in [-0.15, -0.1) is 0 Å². The molecule has 2 aromatic heterocycles. The van der Waals surface area contributed by atoms with Crippen LogP contribution in [0.2, 0.25) is 0 Å². The Labute approximate surface area is 273 Å². The Hall–Kier alpha value is -3.71. The molecule has 3 atom stereocenters. The summed E-state index contributed by atoms with van der Waals surface area (Å²) in [5, 5.41) is 22.4. The van der Waals surface area contributed by atoms with Gasteiger partial charge in [0.25, 0.3) is 0 Å². The second-order valence-corrected chi connectivity index (χ2v) is 13.5. The number of hydrogen-bond acceptors (Lipinski definition) is 10. The Morgan fingerprint density at radius 1 is 1.15 bits per heavy atom. The number of rotatable bonds is 12. The van der Waals surface area contributed by atoms with Gasteiger partial charge in [-0.3, -0.25) is 4.98 Å². The number of β-amino-alcohol motifs (C(OH)–C–C–N with tert-alkyl or cyclic N) is 1. The molecule has 1 aliphatic carbocycles. The third kappa shape index (κ3) is 6.56. The summed E-state index contributed by atoms with van der Waals surface area (Å²) in [5.41, 5.74) is -0.435. The van der Waals surface area contributed by atoms with Gasteiger partial charge in [-0.2, -0.15) is 9.97 Å². The number of anilines is 1. The third-order valence-corrected chi connectivity index (χ3v) is 9.41. The summed E-state index contributed by atoms with van der Waals surface area (Å²) >= 11 is 0. The molecule has 2 unspecified atom stereocenters. The molecule has 0 radical (unpaired) electrons. The van der Waals surface area contributed by atoms with Crippen molar-refractivity contribution in [3.8, 4) is 23.0 Å². The predicted molar refractivity (Wildman–Crippen MR) is 176 cm³/mol. The van der Waals surface area contributed by atoms with Crippen LogP contribution in [0.15, 0.2) is 30.5 Å². The van der Waals surface area contributed by atoms with Gasteiger partial charge < -0.3 is 34.2 Å². The quantitative estimate of drug-likeness (QED) is 0.204. The molecular formula is C35H43F2N5O5. The minimum Gasteiger partial charge on any atom is -0.468 e. The number of benzene rings is 2. The molecule has 0 bridgehead atoms. The Kier molecular flexibility index (Phi) is 9.23. The van der Waals surface area contributed by atoms with Crippen LogP contribution in [0.25, 0.3) is 32.9 Å². The monoisotopic (exact) mass is 651 g/mol. The van der Waals surface area contributed by atoms with Crippen molar-refractivity contribution in [3.63, 3.8) is 0 Å². The Balaban J connectivity index is 1.52. The van der Waals surface area contributed by atoms with Crippen LogP contribution >= 0.6 is 0 Å². The fraction of sp³-hybridized carbons (Fsp3) is 0.514. The van der Waals surface area contributed by atoms with E-state index in [1.807, 2.05) is 25.9 Å². The van der Waals surface area contributed by atoms with Gasteiger partial charge in [0.05, 0.1) is 17.6 Å². The normalized spacial score (nSPS) is 22.8. The highest BCUT2D eigenvalue weighted by Gasteiger charge is 2.54. The van der Waals surface area contributed by atoms with Crippen molar-refractivity contribution >= 4 is 27.5 Å². The second kappa shape index (κ2) is 13.1. The molecule has 47 heavy (non-hydrogen) atoms. The highest BCUT2D eigenvalue weighted by Crippen LogP contribution is 2.52. The number of ether oxygens (including phenoxy) is 3. The van der Waals surface area contributed by atoms with Gasteiger partial charge in [0.2, 0.25) is 0 Å². The molecular weight excluding hydrogens is 608 g/mol. The second-order valence-electron chi connectivity index (χ2n) is 13.5. The molecule has 1 saturated heterocycles. The molecule has 4 aromatic rings. The SMILES string of the molecule is CCc1c(F)ccc2cc(OCOC)cc(-c3ncc4c(N5CCC[C@@](C)(O)C5)nc(OCC5(CN(C)C)CC5CO)nc4c3F)c12. The van der Waals surface area contributed by atoms with Gasteiger partial charge in [0, 0.05) is 50.5 Å². The van der Waals surface area contributed by atoms with Crippen molar-refractivity contribution in [1.29, 1.82) is 0 Å². The molecule has 2 fully saturated rings. The zero-order valence-electron chi connectivity index (χ0n) is 27.6. The first-order chi connectivity index (χ1) is 22.5. The van der Waals surface area contributed by atoms with Crippen LogP contribution in [-0.4, -0.2) is 96.5 Å². The molecule has 0 amide bonds. The highest BCUT2D eigenvalue weighted by molar-refractivity contribution is 6.01. The number of pyridine rings is 1. The van der Waals surface area contributed by atoms with E-state index in [0.717, 1.165) is 12.8 Å². The lowest BCUT2D eigenvalue weighted by Gasteiger charge is -2.37. The van der Waals surface area contributed by atoms with E-state index < -0.39 is 17.2 Å². The van der Waals surface area contributed by atoms with Crippen molar-refractivity contribution < 1.29 is 33.2 Å². The minimum absolute atomic E-state index is 0.00202. The third-order valence-electron chi connectivity index (χ3n) is 9.41. The first kappa shape index (κ1) is 33.2. The highest BCUT2D eigenvalue weighted by atomic mass is 19.1. The van der Waals surface area contributed by atoms with Gasteiger partial charge in [-0.25, -0.2) is 8.78 Å². The predicted octanol–water partition coefficient (Wildman–Crippen LogP) is 4.96. The molecule has 2 aliphatic rings. The van der Waals surface area contributed by atoms with Crippen LogP contribution in [0.3, 0.4) is 0 Å². The van der Waals surface area contributed by atoms with E-state index >= 15 is 8.78 Å². The van der Waals surface area contributed by atoms with Crippen LogP contribution in [-0.2, 0) is 11.2 Å². The summed E-state index contributed by atoms with van der Waals surface area (Å²) in [6.07, 6.45) is 4.06. The van der Waals surface area contributed by atoms with Gasteiger partial charge in [0.1, 0.15) is 28.6 Å². The van der Waals surface area contributed by atoms with Crippen molar-refractivity contribution in [2.45, 2.75) is 45.1 Å². The number of fused-ring (bicyclic) bond motifs is 2. The Morgan fingerprint density at radius 3 is 2.64 bits per heavy atom. The van der Waals surface area contributed by atoms with Crippen LogP contribution in [0.5, 0.6) is 11.8 Å². The molecule has 6 rings (SSSR count). The molecule has 2 aromatic carbocycles. The lowest BCUT2D eigenvalue weighted by atomic mass is 9.94. The van der Waals surface area contributed by atoms with E-state index in [0.29, 0.717) is 71.3 Å². The number of aryl methyl sites for hydroxylation is 1. The zero-order chi connectivity index (χ0) is 33.5. The van der Waals surface area contributed by atoms with Crippen LogP contribution < -0.4 is 14.4 Å². The van der Waals surface area contributed by atoms with Gasteiger partial charge in [0.15, 0.2) is 12.6 Å². The molecule has 12 heteroatoms. The zero-order valence-corrected chi connectivity index (χ0v) is 27.6. The molecule has 1 saturated carbocycles. The first-order valence-corrected chi connectivity index (χ1v) is 16.1. The summed E-state index contributed by atoms with van der Waals surface area (Å²) in [5.74, 6) is -0.177. The van der Waals surface area contributed by atoms with E-state index in [4.69, 9.17) is 19.2 Å². The molecule has 10 nitrogen and oxygen atoms in total. The molecule has 2 N–H and O–H groups in total. The minimum atomic E-state index is -0.956. The van der Waals surface area contributed by atoms with Crippen LogP contribution in [0.4, 0.5) is 14.6 Å². The van der Waals surface area contributed by atoms with Gasteiger partial charge in [-0.05, 0) is 87.2 Å². The molecule has 252 valence electrons. The summed E-state index contributed by atoms with van der Waals surface area (Å²) in [6, 6.07) is 6.45. The lowest BCUT2D eigenvalue weighted by Crippen LogP contribution is -2.46. The summed E-state index contributed by atoms with van der Waals surface area (Å²) in [4.78, 5) is 17.9. The van der Waals surface area contributed by atoms with E-state index in [2.05, 4.69) is 14.9 Å². The summed E-state index contributed by atoms with van der Waals surface area (Å²) in [6.45, 7) is 5.51. The van der Waals surface area contributed by atoms with E-state index in [1.165, 1.54) is 19.4 Å². The topological polar surface area (TPSA) is 113 Å². The number of piperidine rings is 1. The molecule has 3 heterocycles. The number of aromatic nitrogens is 3. The number of aliphatic hydroxyl groups is 2. The lowest BCUT2D eigenvalue weighted by molar-refractivity contribution is 0.0447. The van der Waals surface area contributed by atoms with Crippen LogP contribution in [0.1, 0.15) is 38.7 Å². The van der Waals surface area contributed by atoms with Crippen molar-refractivity contribution in [3.05, 3.63) is 47.7 Å². The fourth-order valence-electron chi connectivity index (χ4n) is 7.09. The summed E-state index contributed by atoms with van der Waals surface area (Å²) < 4.78 is 49.2. The standard InChI is InChI=1S/C35H43F2N5O5/c1-6-24-27(36)9-8-21-12-23(47-20-45-5)13-25(28(21)24)30-29(37)31-26(15-38-30)32(42-11-7-10-34(2,44)17-42)40-33(39-31)46-19-35(18-41(3)4)14-22(35)16-43/h8-9,12-13,15,22,43-44H,6-7,10-11,14,16-20H2,1-5H3/t22?,34-,35?/m1/s1. The number of hydrogen-bond donors (Lipinski definition) is 2. The van der Waals surface area contributed by atoms with E-state index in [-0.39, 0.29) is 48.6 Å². The Morgan fingerprint density at radius 2 is 1.96 bits per heavy atom. The molecule has 0 spiro atoms. The first-order valence-electron chi connectivity index (χ1n) is 16.1. The van der Waals surface area contributed by atoms with Crippen molar-refractivity contribution in [1.82, 2.24) is 19.9 Å². The molecule has 1 aliphatic heterocycles. The number of nitrogens with zero attached hydrogens (tertiary/aromatic N) is 5. The number of aliphatic hydroxyl groups excluding tert-OH is 1. The summed E-state index contributed by atoms with van der Waals surface area (Å²) in [7, 11) is 5.45. The van der Waals surface area contributed by atoms with Crippen molar-refractivity contribution in [2.24, 2.45) is 11.3 Å². The maximum Gasteiger partial charge on any atom is 0.319 e. The van der Waals surface area contributed by atoms with Gasteiger partial charge in [-0.1, -0.05) is 13.0 Å². The average molecular weight is 652 g/mol. The van der Waals surface area contributed by atoms with Crippen LogP contribution in [0, 0.1) is 23.0 Å². The number of halogens is 2. The van der Waals surface area contributed by atoms with Crippen molar-refractivity contribution in [2.75, 3.05) is 65.7 Å². The average Bonchev–Trinajstić information content (AvgIpc) is 3.73. The van der Waals surface area contributed by atoms with E-state index in [1.54, 1.807) is 25.1 Å².